The highest BCUT2D eigenvalue weighted by atomic mass is 35.5. The quantitative estimate of drug-likeness (QED) is 0.802. The molecular weight excluding hydrogens is 363 g/mol. The van der Waals surface area contributed by atoms with Crippen LogP contribution >= 0.6 is 24.8 Å². The van der Waals surface area contributed by atoms with E-state index in [1.807, 2.05) is 12.1 Å². The van der Waals surface area contributed by atoms with E-state index in [1.165, 1.54) is 0 Å². The molecule has 142 valence electrons. The molecule has 3 N–H and O–H groups in total. The Bertz CT molecular complexity index is 541. The van der Waals surface area contributed by atoms with Crippen LogP contribution in [0.15, 0.2) is 18.3 Å². The molecule has 8 heteroatoms. The van der Waals surface area contributed by atoms with Crippen molar-refractivity contribution >= 4 is 36.5 Å². The zero-order chi connectivity index (χ0) is 16.1. The summed E-state index contributed by atoms with van der Waals surface area (Å²) in [6, 6.07) is 4.13. The van der Waals surface area contributed by atoms with Gasteiger partial charge in [-0.05, 0) is 24.8 Å². The SMILES string of the molecule is Cl.Cl.N[C@@H]1CCC[C@H]1CC(=O)NCc1cccnc1N1CCOCC1. The molecule has 25 heavy (non-hydrogen) atoms. The first-order valence-electron chi connectivity index (χ1n) is 8.53. The van der Waals surface area contributed by atoms with E-state index in [-0.39, 0.29) is 36.8 Å². The fourth-order valence-corrected chi connectivity index (χ4v) is 3.45. The fraction of sp³-hybridized carbons (Fsp3) is 0.647. The Morgan fingerprint density at radius 2 is 2.08 bits per heavy atom. The fourth-order valence-electron chi connectivity index (χ4n) is 3.45. The lowest BCUT2D eigenvalue weighted by molar-refractivity contribution is -0.122. The van der Waals surface area contributed by atoms with Gasteiger partial charge in [-0.15, -0.1) is 24.8 Å². The normalized spacial score (nSPS) is 22.7. The molecule has 0 aromatic carbocycles. The van der Waals surface area contributed by atoms with Crippen molar-refractivity contribution in [1.82, 2.24) is 10.3 Å². The number of nitrogens with zero attached hydrogens (tertiary/aromatic N) is 2. The maximum atomic E-state index is 12.2. The molecular formula is C17H28Cl2N4O2. The molecule has 2 heterocycles. The molecule has 3 rings (SSSR count). The van der Waals surface area contributed by atoms with E-state index >= 15 is 0 Å². The van der Waals surface area contributed by atoms with E-state index < -0.39 is 0 Å². The van der Waals surface area contributed by atoms with Crippen LogP contribution in [-0.2, 0) is 16.1 Å². The summed E-state index contributed by atoms with van der Waals surface area (Å²) in [5.41, 5.74) is 7.10. The van der Waals surface area contributed by atoms with Crippen LogP contribution < -0.4 is 16.0 Å². The van der Waals surface area contributed by atoms with Crippen LogP contribution in [0.3, 0.4) is 0 Å². The minimum absolute atomic E-state index is 0. The molecule has 1 aromatic heterocycles. The van der Waals surface area contributed by atoms with Gasteiger partial charge in [-0.2, -0.15) is 0 Å². The summed E-state index contributed by atoms with van der Waals surface area (Å²) in [4.78, 5) is 18.9. The highest BCUT2D eigenvalue weighted by molar-refractivity contribution is 5.85. The van der Waals surface area contributed by atoms with Gasteiger partial charge in [0.25, 0.3) is 0 Å². The maximum absolute atomic E-state index is 12.2. The highest BCUT2D eigenvalue weighted by Gasteiger charge is 2.26. The third-order valence-corrected chi connectivity index (χ3v) is 4.82. The largest absolute Gasteiger partial charge is 0.378 e. The smallest absolute Gasteiger partial charge is 0.220 e. The molecule has 0 unspecified atom stereocenters. The number of pyridine rings is 1. The number of hydrogen-bond acceptors (Lipinski definition) is 5. The Labute approximate surface area is 161 Å². The van der Waals surface area contributed by atoms with Gasteiger partial charge in [0, 0.05) is 43.9 Å². The first-order chi connectivity index (χ1) is 11.2. The van der Waals surface area contributed by atoms with Crippen molar-refractivity contribution < 1.29 is 9.53 Å². The summed E-state index contributed by atoms with van der Waals surface area (Å²) >= 11 is 0. The summed E-state index contributed by atoms with van der Waals surface area (Å²) in [5, 5.41) is 3.03. The number of carbonyl (C=O) groups excluding carboxylic acids is 1. The van der Waals surface area contributed by atoms with Crippen LogP contribution in [0, 0.1) is 5.92 Å². The Morgan fingerprint density at radius 1 is 1.32 bits per heavy atom. The van der Waals surface area contributed by atoms with Crippen LogP contribution in [0.4, 0.5) is 5.82 Å². The number of ether oxygens (including phenoxy) is 1. The number of morpholine rings is 1. The minimum Gasteiger partial charge on any atom is -0.378 e. The van der Waals surface area contributed by atoms with Gasteiger partial charge >= 0.3 is 0 Å². The molecule has 1 aliphatic carbocycles. The Hall–Kier alpha value is -1.08. The van der Waals surface area contributed by atoms with Crippen LogP contribution in [-0.4, -0.2) is 43.2 Å². The van der Waals surface area contributed by atoms with Gasteiger partial charge in [0.05, 0.1) is 13.2 Å². The summed E-state index contributed by atoms with van der Waals surface area (Å²) in [7, 11) is 0. The molecule has 2 fully saturated rings. The van der Waals surface area contributed by atoms with Crippen LogP contribution in [0.2, 0.25) is 0 Å². The maximum Gasteiger partial charge on any atom is 0.220 e. The number of amides is 1. The van der Waals surface area contributed by atoms with Gasteiger partial charge in [-0.25, -0.2) is 4.98 Å². The predicted molar refractivity (Wildman–Crippen MR) is 104 cm³/mol. The average Bonchev–Trinajstić information content (AvgIpc) is 2.99. The van der Waals surface area contributed by atoms with Crippen molar-refractivity contribution in [1.29, 1.82) is 0 Å². The number of nitrogens with one attached hydrogen (secondary N) is 1. The van der Waals surface area contributed by atoms with Gasteiger partial charge < -0.3 is 20.7 Å². The lowest BCUT2D eigenvalue weighted by Crippen LogP contribution is -2.38. The molecule has 1 saturated heterocycles. The second-order valence-electron chi connectivity index (χ2n) is 6.42. The number of halogens is 2. The van der Waals surface area contributed by atoms with E-state index in [9.17, 15) is 4.79 Å². The van der Waals surface area contributed by atoms with E-state index in [2.05, 4.69) is 15.2 Å². The molecule has 6 nitrogen and oxygen atoms in total. The van der Waals surface area contributed by atoms with Crippen molar-refractivity contribution in [3.05, 3.63) is 23.9 Å². The van der Waals surface area contributed by atoms with E-state index in [4.69, 9.17) is 10.5 Å². The van der Waals surface area contributed by atoms with Crippen molar-refractivity contribution in [3.63, 3.8) is 0 Å². The number of nitrogens with two attached hydrogens (primary N) is 1. The zero-order valence-electron chi connectivity index (χ0n) is 14.4. The predicted octanol–water partition coefficient (Wildman–Crippen LogP) is 1.90. The van der Waals surface area contributed by atoms with Crippen LogP contribution in [0.1, 0.15) is 31.2 Å². The summed E-state index contributed by atoms with van der Waals surface area (Å²) < 4.78 is 5.39. The third kappa shape index (κ3) is 5.99. The minimum atomic E-state index is 0. The number of hydrogen-bond donors (Lipinski definition) is 2. The molecule has 1 amide bonds. The Kier molecular flexibility index (Phi) is 9.50. The molecule has 1 aromatic rings. The average molecular weight is 391 g/mol. The van der Waals surface area contributed by atoms with Crippen LogP contribution in [0.25, 0.3) is 0 Å². The van der Waals surface area contributed by atoms with E-state index in [0.29, 0.717) is 18.9 Å². The number of aromatic nitrogens is 1. The molecule has 0 bridgehead atoms. The Balaban J connectivity index is 0.00000156. The van der Waals surface area contributed by atoms with E-state index in [1.54, 1.807) is 6.20 Å². The standard InChI is InChI=1S/C17H26N4O2.2ClH/c18-15-5-1-3-13(15)11-16(22)20-12-14-4-2-6-19-17(14)21-7-9-23-10-8-21;;/h2,4,6,13,15H,1,3,5,7-12,18H2,(H,20,22);2*1H/t13-,15+;;/m0../s1. The first-order valence-corrected chi connectivity index (χ1v) is 8.53. The second kappa shape index (κ2) is 10.8. The summed E-state index contributed by atoms with van der Waals surface area (Å²) in [6.45, 7) is 3.65. The topological polar surface area (TPSA) is 80.5 Å². The van der Waals surface area contributed by atoms with Gasteiger partial charge in [-0.1, -0.05) is 12.5 Å². The van der Waals surface area contributed by atoms with Gasteiger partial charge in [-0.3, -0.25) is 4.79 Å². The monoisotopic (exact) mass is 390 g/mol. The second-order valence-corrected chi connectivity index (χ2v) is 6.42. The first kappa shape index (κ1) is 22.0. The summed E-state index contributed by atoms with van der Waals surface area (Å²) in [5.74, 6) is 1.38. The summed E-state index contributed by atoms with van der Waals surface area (Å²) in [6.07, 6.45) is 5.59. The molecule has 1 aliphatic heterocycles. The van der Waals surface area contributed by atoms with Crippen molar-refractivity contribution in [3.8, 4) is 0 Å². The van der Waals surface area contributed by atoms with Crippen molar-refractivity contribution in [2.75, 3.05) is 31.2 Å². The molecule has 0 spiro atoms. The number of anilines is 1. The van der Waals surface area contributed by atoms with Gasteiger partial charge in [0.1, 0.15) is 5.82 Å². The molecule has 0 radical (unpaired) electrons. The molecule has 2 atom stereocenters. The zero-order valence-corrected chi connectivity index (χ0v) is 16.0. The van der Waals surface area contributed by atoms with Gasteiger partial charge in [0.15, 0.2) is 0 Å². The van der Waals surface area contributed by atoms with Crippen LogP contribution in [0.5, 0.6) is 0 Å². The van der Waals surface area contributed by atoms with E-state index in [0.717, 1.165) is 56.9 Å². The Morgan fingerprint density at radius 3 is 2.76 bits per heavy atom. The lowest BCUT2D eigenvalue weighted by atomic mass is 10.00. The third-order valence-electron chi connectivity index (χ3n) is 4.82. The van der Waals surface area contributed by atoms with Crippen molar-refractivity contribution in [2.45, 2.75) is 38.3 Å². The molecule has 1 saturated carbocycles. The number of carbonyl (C=O) groups is 1. The van der Waals surface area contributed by atoms with Crippen molar-refractivity contribution in [2.24, 2.45) is 11.7 Å². The lowest BCUT2D eigenvalue weighted by Gasteiger charge is -2.29. The number of rotatable bonds is 5. The van der Waals surface area contributed by atoms with Gasteiger partial charge in [0.2, 0.25) is 5.91 Å². The highest BCUT2D eigenvalue weighted by Crippen LogP contribution is 2.26. The molecule has 2 aliphatic rings.